The molecule has 19 heavy (non-hydrogen) atoms. The Bertz CT molecular complexity index is 433. The first-order valence-corrected chi connectivity index (χ1v) is 7.91. The molecule has 2 rings (SSSR count). The Kier molecular flexibility index (Phi) is 5.40. The van der Waals surface area contributed by atoms with E-state index < -0.39 is 0 Å². The summed E-state index contributed by atoms with van der Waals surface area (Å²) in [4.78, 5) is 5.47. The largest absolute Gasteiger partial charge is 0.356 e. The summed E-state index contributed by atoms with van der Waals surface area (Å²) < 4.78 is 0. The molecule has 1 aliphatic carbocycles. The quantitative estimate of drug-likeness (QED) is 0.380. The monoisotopic (exact) mass is 297 g/mol. The normalized spacial score (nSPS) is 22.2. The third kappa shape index (κ3) is 4.96. The highest BCUT2D eigenvalue weighted by Gasteiger charge is 2.33. The van der Waals surface area contributed by atoms with Crippen molar-refractivity contribution in [3.05, 3.63) is 29.3 Å². The van der Waals surface area contributed by atoms with Crippen molar-refractivity contribution in [2.75, 3.05) is 19.3 Å². The summed E-state index contributed by atoms with van der Waals surface area (Å²) in [6.45, 7) is 3.15. The third-order valence-electron chi connectivity index (χ3n) is 3.13. The third-order valence-corrected chi connectivity index (χ3v) is 4.40. The zero-order valence-electron chi connectivity index (χ0n) is 11.3. The van der Waals surface area contributed by atoms with Gasteiger partial charge in [0.25, 0.3) is 0 Å². The Balaban J connectivity index is 1.64. The first-order valence-electron chi connectivity index (χ1n) is 6.54. The van der Waals surface area contributed by atoms with Gasteiger partial charge < -0.3 is 10.6 Å². The zero-order chi connectivity index (χ0) is 13.7. The molecule has 2 unspecified atom stereocenters. The number of nitrogens with zero attached hydrogens (tertiary/aromatic N) is 1. The molecule has 0 aliphatic heterocycles. The van der Waals surface area contributed by atoms with Gasteiger partial charge in [0, 0.05) is 35.3 Å². The molecule has 1 aliphatic rings. The average molecular weight is 298 g/mol. The highest BCUT2D eigenvalue weighted by molar-refractivity contribution is 7.99. The fraction of sp³-hybridized carbons (Fsp3) is 0.500. The van der Waals surface area contributed by atoms with Crippen LogP contribution in [0.2, 0.25) is 5.02 Å². The van der Waals surface area contributed by atoms with Gasteiger partial charge in [0.15, 0.2) is 5.96 Å². The van der Waals surface area contributed by atoms with Crippen LogP contribution in [0.5, 0.6) is 0 Å². The average Bonchev–Trinajstić information content (AvgIpc) is 3.11. The molecular weight excluding hydrogens is 278 g/mol. The van der Waals surface area contributed by atoms with Crippen molar-refractivity contribution in [3.8, 4) is 0 Å². The molecule has 2 N–H and O–H groups in total. The number of benzene rings is 1. The van der Waals surface area contributed by atoms with Crippen LogP contribution in [0.1, 0.15) is 13.3 Å². The minimum absolute atomic E-state index is 0.607. The molecule has 0 saturated heterocycles. The molecule has 0 spiro atoms. The molecule has 5 heteroatoms. The van der Waals surface area contributed by atoms with E-state index in [1.807, 2.05) is 43.1 Å². The SMILES string of the molecule is CN=C(NCCSc1ccc(Cl)cc1)NC1CC1C. The fourth-order valence-corrected chi connectivity index (χ4v) is 2.66. The minimum Gasteiger partial charge on any atom is -0.356 e. The number of halogens is 1. The van der Waals surface area contributed by atoms with E-state index in [9.17, 15) is 0 Å². The summed E-state index contributed by atoms with van der Waals surface area (Å²) >= 11 is 7.67. The molecule has 0 heterocycles. The van der Waals surface area contributed by atoms with E-state index in [1.54, 1.807) is 0 Å². The minimum atomic E-state index is 0.607. The van der Waals surface area contributed by atoms with Gasteiger partial charge in [-0.25, -0.2) is 0 Å². The molecule has 104 valence electrons. The van der Waals surface area contributed by atoms with Gasteiger partial charge in [-0.05, 0) is 36.6 Å². The van der Waals surface area contributed by atoms with Crippen molar-refractivity contribution in [3.63, 3.8) is 0 Å². The van der Waals surface area contributed by atoms with E-state index in [0.29, 0.717) is 6.04 Å². The van der Waals surface area contributed by atoms with Crippen molar-refractivity contribution in [1.82, 2.24) is 10.6 Å². The molecule has 1 aromatic rings. The summed E-state index contributed by atoms with van der Waals surface area (Å²) in [7, 11) is 1.81. The summed E-state index contributed by atoms with van der Waals surface area (Å²) in [6, 6.07) is 8.55. The standard InChI is InChI=1S/C14H20ClN3S/c1-10-9-13(10)18-14(16-2)17-7-8-19-12-5-3-11(15)4-6-12/h3-6,10,13H,7-9H2,1-2H3,(H2,16,17,18). The fourth-order valence-electron chi connectivity index (χ4n) is 1.76. The lowest BCUT2D eigenvalue weighted by molar-refractivity contribution is 0.775. The molecule has 2 atom stereocenters. The molecular formula is C14H20ClN3S. The molecule has 0 radical (unpaired) electrons. The van der Waals surface area contributed by atoms with Gasteiger partial charge in [-0.3, -0.25) is 4.99 Å². The molecule has 0 bridgehead atoms. The Hall–Kier alpha value is -0.870. The van der Waals surface area contributed by atoms with Crippen molar-refractivity contribution in [2.24, 2.45) is 10.9 Å². The van der Waals surface area contributed by atoms with E-state index in [2.05, 4.69) is 22.5 Å². The lowest BCUT2D eigenvalue weighted by Crippen LogP contribution is -2.40. The van der Waals surface area contributed by atoms with Crippen LogP contribution in [0.4, 0.5) is 0 Å². The maximum Gasteiger partial charge on any atom is 0.191 e. The van der Waals surface area contributed by atoms with Crippen molar-refractivity contribution >= 4 is 29.3 Å². The number of nitrogens with one attached hydrogen (secondary N) is 2. The second kappa shape index (κ2) is 7.06. The number of thioether (sulfide) groups is 1. The number of aliphatic imine (C=N–C) groups is 1. The van der Waals surface area contributed by atoms with Crippen molar-refractivity contribution in [2.45, 2.75) is 24.3 Å². The lowest BCUT2D eigenvalue weighted by atomic mass is 10.4. The van der Waals surface area contributed by atoms with E-state index >= 15 is 0 Å². The number of rotatable bonds is 5. The highest BCUT2D eigenvalue weighted by Crippen LogP contribution is 2.28. The molecule has 1 fully saturated rings. The van der Waals surface area contributed by atoms with Gasteiger partial charge in [-0.1, -0.05) is 18.5 Å². The molecule has 1 saturated carbocycles. The Labute approximate surface area is 124 Å². The lowest BCUT2D eigenvalue weighted by Gasteiger charge is -2.11. The van der Waals surface area contributed by atoms with Gasteiger partial charge in [0.05, 0.1) is 0 Å². The highest BCUT2D eigenvalue weighted by atomic mass is 35.5. The number of guanidine groups is 1. The van der Waals surface area contributed by atoms with Crippen LogP contribution >= 0.6 is 23.4 Å². The smallest absolute Gasteiger partial charge is 0.191 e. The van der Waals surface area contributed by atoms with E-state index in [4.69, 9.17) is 11.6 Å². The van der Waals surface area contributed by atoms with Crippen LogP contribution < -0.4 is 10.6 Å². The maximum atomic E-state index is 5.85. The van der Waals surface area contributed by atoms with Crippen LogP contribution in [0.15, 0.2) is 34.2 Å². The number of hydrogen-bond acceptors (Lipinski definition) is 2. The molecule has 0 aromatic heterocycles. The van der Waals surface area contributed by atoms with Crippen LogP contribution in [0, 0.1) is 5.92 Å². The van der Waals surface area contributed by atoms with Gasteiger partial charge >= 0.3 is 0 Å². The van der Waals surface area contributed by atoms with E-state index in [-0.39, 0.29) is 0 Å². The van der Waals surface area contributed by atoms with E-state index in [1.165, 1.54) is 11.3 Å². The second-order valence-electron chi connectivity index (χ2n) is 4.77. The van der Waals surface area contributed by atoms with Crippen LogP contribution in [-0.2, 0) is 0 Å². The van der Waals surface area contributed by atoms with Crippen molar-refractivity contribution in [1.29, 1.82) is 0 Å². The first kappa shape index (κ1) is 14.5. The van der Waals surface area contributed by atoms with Crippen LogP contribution in [0.3, 0.4) is 0 Å². The summed E-state index contributed by atoms with van der Waals surface area (Å²) in [5.41, 5.74) is 0. The first-order chi connectivity index (χ1) is 9.19. The summed E-state index contributed by atoms with van der Waals surface area (Å²) in [5, 5.41) is 7.53. The Morgan fingerprint density at radius 1 is 1.42 bits per heavy atom. The summed E-state index contributed by atoms with van der Waals surface area (Å²) in [5.74, 6) is 2.69. The van der Waals surface area contributed by atoms with Crippen molar-refractivity contribution < 1.29 is 0 Å². The molecule has 1 aromatic carbocycles. The molecule has 3 nitrogen and oxygen atoms in total. The maximum absolute atomic E-state index is 5.85. The Morgan fingerprint density at radius 3 is 2.68 bits per heavy atom. The van der Waals surface area contributed by atoms with E-state index in [0.717, 1.165) is 29.2 Å². The van der Waals surface area contributed by atoms with Gasteiger partial charge in [-0.15, -0.1) is 11.8 Å². The summed E-state index contributed by atoms with van der Waals surface area (Å²) in [6.07, 6.45) is 1.25. The predicted molar refractivity (Wildman–Crippen MR) is 84.2 cm³/mol. The van der Waals surface area contributed by atoms with Crippen LogP contribution in [-0.4, -0.2) is 31.3 Å². The van der Waals surface area contributed by atoms with Gasteiger partial charge in [0.1, 0.15) is 0 Å². The van der Waals surface area contributed by atoms with Crippen LogP contribution in [0.25, 0.3) is 0 Å². The van der Waals surface area contributed by atoms with Gasteiger partial charge in [-0.2, -0.15) is 0 Å². The topological polar surface area (TPSA) is 36.4 Å². The number of hydrogen-bond donors (Lipinski definition) is 2. The Morgan fingerprint density at radius 2 is 2.11 bits per heavy atom. The van der Waals surface area contributed by atoms with Gasteiger partial charge in [0.2, 0.25) is 0 Å². The molecule has 0 amide bonds. The second-order valence-corrected chi connectivity index (χ2v) is 6.37. The predicted octanol–water partition coefficient (Wildman–Crippen LogP) is 3.01. The zero-order valence-corrected chi connectivity index (χ0v) is 12.9.